The van der Waals surface area contributed by atoms with E-state index in [1.165, 1.54) is 36.9 Å². The summed E-state index contributed by atoms with van der Waals surface area (Å²) in [4.78, 5) is 5.28. The maximum atomic E-state index is 6.48. The van der Waals surface area contributed by atoms with Crippen LogP contribution in [0.4, 0.5) is 0 Å². The van der Waals surface area contributed by atoms with Crippen LogP contribution in [0.1, 0.15) is 19.4 Å². The van der Waals surface area contributed by atoms with Gasteiger partial charge in [0.1, 0.15) is 0 Å². The van der Waals surface area contributed by atoms with Gasteiger partial charge in [-0.3, -0.25) is 0 Å². The van der Waals surface area contributed by atoms with E-state index in [1.807, 2.05) is 6.07 Å². The van der Waals surface area contributed by atoms with Crippen molar-refractivity contribution in [3.8, 4) is 11.3 Å². The average Bonchev–Trinajstić information content (AvgIpc) is 3.20. The Hall–Kier alpha value is -3.11. The first-order chi connectivity index (χ1) is 16.8. The van der Waals surface area contributed by atoms with E-state index < -0.39 is 13.3 Å². The Morgan fingerprint density at radius 1 is 0.800 bits per heavy atom. The van der Waals surface area contributed by atoms with Crippen molar-refractivity contribution in [3.05, 3.63) is 84.4 Å². The summed E-state index contributed by atoms with van der Waals surface area (Å²) in [6.07, 6.45) is 1.03. The monoisotopic (exact) mass is 519 g/mol. The van der Waals surface area contributed by atoms with Crippen molar-refractivity contribution >= 4 is 61.3 Å². The molecule has 6 rings (SSSR count). The van der Waals surface area contributed by atoms with Crippen LogP contribution in [0.3, 0.4) is 0 Å². The second-order valence-corrected chi connectivity index (χ2v) is 21.8. The van der Waals surface area contributed by atoms with Crippen molar-refractivity contribution in [1.82, 2.24) is 4.98 Å². The first-order valence-corrected chi connectivity index (χ1v) is 19.9. The van der Waals surface area contributed by atoms with Crippen LogP contribution in [0.5, 0.6) is 0 Å². The molecule has 0 spiro atoms. The van der Waals surface area contributed by atoms with Crippen molar-refractivity contribution in [2.75, 3.05) is 0 Å². The number of pyridine rings is 1. The number of furan rings is 1. The van der Waals surface area contributed by atoms with Crippen molar-refractivity contribution in [1.29, 1.82) is 0 Å². The fourth-order valence-corrected chi connectivity index (χ4v) is 8.72. The molecule has 0 saturated heterocycles. The van der Waals surface area contributed by atoms with E-state index in [0.717, 1.165) is 34.4 Å². The van der Waals surface area contributed by atoms with E-state index in [2.05, 4.69) is 104 Å². The molecule has 0 unspecified atom stereocenters. The van der Waals surface area contributed by atoms with Crippen LogP contribution in [0.15, 0.2) is 83.3 Å². The third-order valence-corrected chi connectivity index (χ3v) is 11.2. The summed E-state index contributed by atoms with van der Waals surface area (Å²) < 4.78 is 7.98. The summed E-state index contributed by atoms with van der Waals surface area (Å²) in [7, 11) is 0. The van der Waals surface area contributed by atoms with Crippen molar-refractivity contribution in [2.45, 2.75) is 37.5 Å². The van der Waals surface area contributed by atoms with E-state index >= 15 is 0 Å². The molecule has 0 aliphatic heterocycles. The molecule has 0 atom stereocenters. The Morgan fingerprint density at radius 3 is 2.31 bits per heavy atom. The molecular weight excluding hydrogens is 487 g/mol. The third kappa shape index (κ3) is 3.85. The number of fused-ring (bicyclic) bond motifs is 6. The number of benzene rings is 4. The molecule has 0 N–H and O–H groups in total. The maximum absolute atomic E-state index is 6.48. The molecule has 0 amide bonds. The van der Waals surface area contributed by atoms with E-state index in [4.69, 9.17) is 9.40 Å². The molecule has 174 valence electrons. The zero-order valence-electron chi connectivity index (χ0n) is 21.1. The average molecular weight is 518 g/mol. The second-order valence-electron chi connectivity index (χ2n) is 11.2. The van der Waals surface area contributed by atoms with Crippen LogP contribution in [0.2, 0.25) is 17.3 Å². The van der Waals surface area contributed by atoms with E-state index in [0.29, 0.717) is 5.92 Å². The predicted molar refractivity (Wildman–Crippen MR) is 153 cm³/mol. The predicted octanol–water partition coefficient (Wildman–Crippen LogP) is 8.70. The number of aromatic nitrogens is 1. The quantitative estimate of drug-likeness (QED) is 0.172. The van der Waals surface area contributed by atoms with Crippen molar-refractivity contribution in [3.63, 3.8) is 0 Å². The SMILES string of the molecule is CC(C)Cc1cc(-c2c[c]([Ge]([CH3])([CH3])[CH3])c3c(ccc4ccccc43)n2)c2oc3ccccc3c2c1. The van der Waals surface area contributed by atoms with Gasteiger partial charge in [0.15, 0.2) is 0 Å². The van der Waals surface area contributed by atoms with Gasteiger partial charge in [0.25, 0.3) is 0 Å². The van der Waals surface area contributed by atoms with Crippen LogP contribution in [-0.2, 0) is 6.42 Å². The summed E-state index contributed by atoms with van der Waals surface area (Å²) in [5.41, 5.74) is 6.43. The van der Waals surface area contributed by atoms with E-state index in [-0.39, 0.29) is 0 Å². The summed E-state index contributed by atoms with van der Waals surface area (Å²) >= 11 is -2.27. The molecule has 2 aromatic heterocycles. The molecular formula is C32H31GeNO. The molecule has 0 saturated carbocycles. The number of nitrogens with zero attached hydrogens (tertiary/aromatic N) is 1. The summed E-state index contributed by atoms with van der Waals surface area (Å²) in [5.74, 6) is 8.01. The summed E-state index contributed by atoms with van der Waals surface area (Å²) in [6, 6.07) is 28.5. The Bertz CT molecular complexity index is 1740. The number of hydrogen-bond donors (Lipinski definition) is 0. The summed E-state index contributed by atoms with van der Waals surface area (Å²) in [5, 5.41) is 6.28. The van der Waals surface area contributed by atoms with Gasteiger partial charge in [0.05, 0.1) is 0 Å². The van der Waals surface area contributed by atoms with Gasteiger partial charge < -0.3 is 0 Å². The molecule has 6 aromatic rings. The molecule has 0 fully saturated rings. The van der Waals surface area contributed by atoms with Gasteiger partial charge in [0, 0.05) is 0 Å². The normalized spacial score (nSPS) is 12.5. The fourth-order valence-electron chi connectivity index (χ4n) is 5.40. The Morgan fingerprint density at radius 2 is 1.54 bits per heavy atom. The van der Waals surface area contributed by atoms with E-state index in [1.54, 1.807) is 0 Å². The molecule has 0 aliphatic carbocycles. The number of rotatable bonds is 4. The Kier molecular flexibility index (Phi) is 5.26. The molecule has 35 heavy (non-hydrogen) atoms. The van der Waals surface area contributed by atoms with Crippen LogP contribution in [0, 0.1) is 5.92 Å². The molecule has 2 heterocycles. The van der Waals surface area contributed by atoms with Crippen LogP contribution in [-0.4, -0.2) is 18.3 Å². The molecule has 0 radical (unpaired) electrons. The third-order valence-electron chi connectivity index (χ3n) is 6.96. The van der Waals surface area contributed by atoms with Crippen LogP contribution in [0.25, 0.3) is 54.9 Å². The van der Waals surface area contributed by atoms with Crippen molar-refractivity contribution < 1.29 is 4.42 Å². The number of para-hydroxylation sites is 1. The molecule has 0 aliphatic rings. The second kappa shape index (κ2) is 8.24. The Balaban J connectivity index is 1.72. The standard InChI is InChI=1S/C32H31GeNO/c1-20(2)16-21-17-25-24-12-8-9-13-30(24)35-32(25)26(18-21)29-19-27(33(3,4)5)31-23-11-7-6-10-22(23)14-15-28(31)34-29/h6-15,17-20H,16H2,1-5H3. The van der Waals surface area contributed by atoms with Gasteiger partial charge in [-0.25, -0.2) is 0 Å². The zero-order chi connectivity index (χ0) is 24.3. The fraction of sp³-hybridized carbons (Fsp3) is 0.219. The van der Waals surface area contributed by atoms with Gasteiger partial charge in [-0.15, -0.1) is 0 Å². The minimum absolute atomic E-state index is 0.578. The van der Waals surface area contributed by atoms with Gasteiger partial charge in [-0.1, -0.05) is 0 Å². The van der Waals surface area contributed by atoms with Gasteiger partial charge >= 0.3 is 210 Å². The molecule has 0 bridgehead atoms. The van der Waals surface area contributed by atoms with Gasteiger partial charge in [-0.2, -0.15) is 0 Å². The van der Waals surface area contributed by atoms with E-state index in [9.17, 15) is 0 Å². The Labute approximate surface area is 209 Å². The van der Waals surface area contributed by atoms with Crippen molar-refractivity contribution in [2.24, 2.45) is 5.92 Å². The van der Waals surface area contributed by atoms with Gasteiger partial charge in [0.2, 0.25) is 0 Å². The zero-order valence-corrected chi connectivity index (χ0v) is 23.2. The molecule has 4 aromatic carbocycles. The summed E-state index contributed by atoms with van der Waals surface area (Å²) in [6.45, 7) is 4.56. The van der Waals surface area contributed by atoms with Gasteiger partial charge in [-0.05, 0) is 0 Å². The molecule has 3 heteroatoms. The number of hydrogen-bond acceptors (Lipinski definition) is 2. The first kappa shape index (κ1) is 22.4. The first-order valence-electron chi connectivity index (χ1n) is 12.6. The van der Waals surface area contributed by atoms with Crippen LogP contribution >= 0.6 is 0 Å². The molecule has 2 nitrogen and oxygen atoms in total. The van der Waals surface area contributed by atoms with Crippen LogP contribution < -0.4 is 4.40 Å². The topological polar surface area (TPSA) is 26.0 Å². The minimum atomic E-state index is -2.27.